The summed E-state index contributed by atoms with van der Waals surface area (Å²) in [6.45, 7) is 5.42. The minimum Gasteiger partial charge on any atom is -0.491 e. The van der Waals surface area contributed by atoms with E-state index in [0.29, 0.717) is 11.3 Å². The molecular weight excluding hydrogens is 270 g/mol. The van der Waals surface area contributed by atoms with Crippen LogP contribution in [0.4, 0.5) is 0 Å². The van der Waals surface area contributed by atoms with E-state index in [1.54, 1.807) is 31.2 Å². The number of ether oxygens (including phenoxy) is 1. The van der Waals surface area contributed by atoms with Crippen LogP contribution in [0.1, 0.15) is 44.0 Å². The van der Waals surface area contributed by atoms with E-state index in [4.69, 9.17) is 4.74 Å². The lowest BCUT2D eigenvalue weighted by Gasteiger charge is -2.26. The molecule has 1 unspecified atom stereocenters. The van der Waals surface area contributed by atoms with Crippen molar-refractivity contribution in [2.75, 3.05) is 0 Å². The Labute approximate surface area is 124 Å². The molecule has 0 aliphatic heterocycles. The molecule has 1 aromatic carbocycles. The fourth-order valence-electron chi connectivity index (χ4n) is 2.26. The fraction of sp³-hybridized carbons (Fsp3) is 0.500. The van der Waals surface area contributed by atoms with Crippen LogP contribution < -0.4 is 10.1 Å². The summed E-state index contributed by atoms with van der Waals surface area (Å²) in [7, 11) is 0. The van der Waals surface area contributed by atoms with Gasteiger partial charge in [-0.1, -0.05) is 0 Å². The van der Waals surface area contributed by atoms with Crippen LogP contribution in [-0.4, -0.2) is 28.6 Å². The highest BCUT2D eigenvalue weighted by atomic mass is 16.5. The molecule has 0 radical (unpaired) electrons. The zero-order valence-corrected chi connectivity index (χ0v) is 12.6. The maximum Gasteiger partial charge on any atom is 0.329 e. The molecule has 1 aromatic rings. The van der Waals surface area contributed by atoms with Gasteiger partial charge in [0.05, 0.1) is 6.10 Å². The van der Waals surface area contributed by atoms with Gasteiger partial charge in [-0.3, -0.25) is 4.79 Å². The molecule has 1 aliphatic rings. The second kappa shape index (κ2) is 5.76. The molecule has 2 N–H and O–H groups in total. The van der Waals surface area contributed by atoms with Crippen molar-refractivity contribution in [2.45, 2.75) is 45.3 Å². The van der Waals surface area contributed by atoms with Gasteiger partial charge in [0.2, 0.25) is 0 Å². The molecule has 2 rings (SSSR count). The number of amides is 1. The molecule has 0 aromatic heterocycles. The number of carboxylic acids is 1. The molecule has 0 bridgehead atoms. The van der Waals surface area contributed by atoms with Gasteiger partial charge in [0, 0.05) is 5.56 Å². The van der Waals surface area contributed by atoms with Crippen molar-refractivity contribution < 1.29 is 19.4 Å². The Kier molecular flexibility index (Phi) is 4.21. The summed E-state index contributed by atoms with van der Waals surface area (Å²) < 4.78 is 5.51. The zero-order valence-electron chi connectivity index (χ0n) is 12.6. The third-order valence-corrected chi connectivity index (χ3v) is 3.70. The van der Waals surface area contributed by atoms with Crippen molar-refractivity contribution >= 4 is 11.9 Å². The molecular formula is C16H21NO4. The number of nitrogens with one attached hydrogen (secondary N) is 1. The van der Waals surface area contributed by atoms with Crippen LogP contribution in [0.3, 0.4) is 0 Å². The Hall–Kier alpha value is -2.04. The van der Waals surface area contributed by atoms with E-state index in [-0.39, 0.29) is 17.9 Å². The second-order valence-electron chi connectivity index (χ2n) is 5.93. The van der Waals surface area contributed by atoms with Crippen LogP contribution in [0.2, 0.25) is 0 Å². The predicted octanol–water partition coefficient (Wildman–Crippen LogP) is 2.46. The fourth-order valence-corrected chi connectivity index (χ4v) is 2.26. The number of rotatable bonds is 6. The summed E-state index contributed by atoms with van der Waals surface area (Å²) in [4.78, 5) is 23.6. The van der Waals surface area contributed by atoms with Crippen molar-refractivity contribution in [2.24, 2.45) is 5.92 Å². The van der Waals surface area contributed by atoms with Gasteiger partial charge in [0.15, 0.2) is 0 Å². The van der Waals surface area contributed by atoms with Gasteiger partial charge in [-0.05, 0) is 63.8 Å². The molecule has 1 atom stereocenters. The SMILES string of the molecule is CC(C)Oc1ccc(C(=O)NC(C)(C(=O)O)C2CC2)cc1. The van der Waals surface area contributed by atoms with Crippen molar-refractivity contribution in [3.63, 3.8) is 0 Å². The highest BCUT2D eigenvalue weighted by Gasteiger charge is 2.48. The molecule has 1 aliphatic carbocycles. The third-order valence-electron chi connectivity index (χ3n) is 3.70. The number of carbonyl (C=O) groups excluding carboxylic acids is 1. The number of benzene rings is 1. The van der Waals surface area contributed by atoms with Gasteiger partial charge in [0.25, 0.3) is 5.91 Å². The van der Waals surface area contributed by atoms with E-state index in [9.17, 15) is 14.7 Å². The Balaban J connectivity index is 2.07. The minimum absolute atomic E-state index is 0.0162. The number of aliphatic carboxylic acids is 1. The van der Waals surface area contributed by atoms with E-state index < -0.39 is 11.5 Å². The summed E-state index contributed by atoms with van der Waals surface area (Å²) >= 11 is 0. The first-order chi connectivity index (χ1) is 9.83. The van der Waals surface area contributed by atoms with Crippen LogP contribution in [0.5, 0.6) is 5.75 Å². The van der Waals surface area contributed by atoms with Crippen molar-refractivity contribution in [1.29, 1.82) is 0 Å². The molecule has 0 saturated heterocycles. The number of carbonyl (C=O) groups is 2. The Morgan fingerprint density at radius 3 is 2.29 bits per heavy atom. The lowest BCUT2D eigenvalue weighted by atomic mass is 9.95. The largest absolute Gasteiger partial charge is 0.491 e. The normalized spacial score (nSPS) is 17.1. The lowest BCUT2D eigenvalue weighted by molar-refractivity contribution is -0.144. The second-order valence-corrected chi connectivity index (χ2v) is 5.93. The Bertz CT molecular complexity index is 534. The molecule has 114 valence electrons. The maximum atomic E-state index is 12.2. The molecule has 1 fully saturated rings. The average molecular weight is 291 g/mol. The topological polar surface area (TPSA) is 75.6 Å². The van der Waals surface area contributed by atoms with Crippen LogP contribution in [-0.2, 0) is 4.79 Å². The highest BCUT2D eigenvalue weighted by molar-refractivity contribution is 5.98. The summed E-state index contributed by atoms with van der Waals surface area (Å²) in [6, 6.07) is 6.71. The number of hydrogen-bond donors (Lipinski definition) is 2. The molecule has 21 heavy (non-hydrogen) atoms. The smallest absolute Gasteiger partial charge is 0.329 e. The maximum absolute atomic E-state index is 12.2. The third kappa shape index (κ3) is 3.54. The van der Waals surface area contributed by atoms with Crippen LogP contribution >= 0.6 is 0 Å². The van der Waals surface area contributed by atoms with E-state index in [1.807, 2.05) is 13.8 Å². The Morgan fingerprint density at radius 1 is 1.29 bits per heavy atom. The number of hydrogen-bond acceptors (Lipinski definition) is 3. The van der Waals surface area contributed by atoms with Crippen LogP contribution in [0, 0.1) is 5.92 Å². The van der Waals surface area contributed by atoms with Gasteiger partial charge in [-0.25, -0.2) is 4.79 Å². The average Bonchev–Trinajstić information content (AvgIpc) is 3.22. The quantitative estimate of drug-likeness (QED) is 0.844. The molecule has 5 heteroatoms. The standard InChI is InChI=1S/C16H21NO4/c1-10(2)21-13-8-4-11(5-9-13)14(18)17-16(3,15(19)20)12-6-7-12/h4-5,8-10,12H,6-7H2,1-3H3,(H,17,18)(H,19,20). The van der Waals surface area contributed by atoms with Crippen LogP contribution in [0.15, 0.2) is 24.3 Å². The molecule has 0 spiro atoms. The minimum atomic E-state index is -1.19. The molecule has 5 nitrogen and oxygen atoms in total. The number of carboxylic acid groups (broad SMARTS) is 1. The van der Waals surface area contributed by atoms with Gasteiger partial charge >= 0.3 is 5.97 Å². The summed E-state index contributed by atoms with van der Waals surface area (Å²) in [6.07, 6.45) is 1.74. The lowest BCUT2D eigenvalue weighted by Crippen LogP contribution is -2.54. The van der Waals surface area contributed by atoms with Crippen molar-refractivity contribution in [3.8, 4) is 5.75 Å². The van der Waals surface area contributed by atoms with E-state index >= 15 is 0 Å². The van der Waals surface area contributed by atoms with E-state index in [0.717, 1.165) is 12.8 Å². The molecule has 0 heterocycles. The first kappa shape index (κ1) is 15.4. The summed E-state index contributed by atoms with van der Waals surface area (Å²) in [5.74, 6) is -0.659. The highest BCUT2D eigenvalue weighted by Crippen LogP contribution is 2.39. The van der Waals surface area contributed by atoms with Gasteiger partial charge in [0.1, 0.15) is 11.3 Å². The van der Waals surface area contributed by atoms with E-state index in [2.05, 4.69) is 5.32 Å². The molecule has 1 amide bonds. The summed E-state index contributed by atoms with van der Waals surface area (Å²) in [5, 5.41) is 12.0. The molecule has 1 saturated carbocycles. The van der Waals surface area contributed by atoms with Gasteiger partial charge in [-0.2, -0.15) is 0 Å². The first-order valence-electron chi connectivity index (χ1n) is 7.15. The van der Waals surface area contributed by atoms with Gasteiger partial charge in [-0.15, -0.1) is 0 Å². The first-order valence-corrected chi connectivity index (χ1v) is 7.15. The van der Waals surface area contributed by atoms with E-state index in [1.165, 1.54) is 0 Å². The van der Waals surface area contributed by atoms with Gasteiger partial charge < -0.3 is 15.2 Å². The van der Waals surface area contributed by atoms with Crippen molar-refractivity contribution in [1.82, 2.24) is 5.32 Å². The Morgan fingerprint density at radius 2 is 1.86 bits per heavy atom. The summed E-state index contributed by atoms with van der Waals surface area (Å²) in [5.41, 5.74) is -0.760. The predicted molar refractivity (Wildman–Crippen MR) is 78.4 cm³/mol. The monoisotopic (exact) mass is 291 g/mol. The van der Waals surface area contributed by atoms with Crippen LogP contribution in [0.25, 0.3) is 0 Å². The zero-order chi connectivity index (χ0) is 15.6. The van der Waals surface area contributed by atoms with Crippen molar-refractivity contribution in [3.05, 3.63) is 29.8 Å².